The van der Waals surface area contributed by atoms with Crippen LogP contribution in [-0.2, 0) is 13.1 Å². The Labute approximate surface area is 185 Å². The van der Waals surface area contributed by atoms with E-state index in [-0.39, 0.29) is 5.91 Å². The highest BCUT2D eigenvalue weighted by molar-refractivity contribution is 7.71. The van der Waals surface area contributed by atoms with Crippen LogP contribution in [0.3, 0.4) is 0 Å². The summed E-state index contributed by atoms with van der Waals surface area (Å²) in [6.45, 7) is 1.03. The van der Waals surface area contributed by atoms with Gasteiger partial charge in [-0.15, -0.1) is 0 Å². The van der Waals surface area contributed by atoms with Gasteiger partial charge in [0.1, 0.15) is 11.6 Å². The highest BCUT2D eigenvalue weighted by Crippen LogP contribution is 2.20. The number of aromatic nitrogens is 2. The first-order valence-electron chi connectivity index (χ1n) is 9.85. The molecule has 0 spiro atoms. The van der Waals surface area contributed by atoms with Gasteiger partial charge in [0, 0.05) is 24.0 Å². The summed E-state index contributed by atoms with van der Waals surface area (Å²) in [5, 5.41) is 7.25. The number of hydrogen-bond donors (Lipinski definition) is 3. The molecule has 0 saturated carbocycles. The number of nitrogens with zero attached hydrogens (tertiary/aromatic N) is 1. The van der Waals surface area contributed by atoms with Gasteiger partial charge in [-0.2, -0.15) is 0 Å². The van der Waals surface area contributed by atoms with Gasteiger partial charge in [-0.3, -0.25) is 4.79 Å². The molecule has 1 heterocycles. The number of nitrogens with one attached hydrogen (secondary N) is 3. The quantitative estimate of drug-likeness (QED) is 0.366. The van der Waals surface area contributed by atoms with Gasteiger partial charge in [0.25, 0.3) is 5.91 Å². The van der Waals surface area contributed by atoms with E-state index in [1.165, 1.54) is 0 Å². The molecule has 1 aromatic heterocycles. The number of methoxy groups -OCH3 is 1. The number of amides is 1. The number of ether oxygens (including phenoxy) is 1. The first kappa shape index (κ1) is 20.6. The molecule has 0 radical (unpaired) electrons. The van der Waals surface area contributed by atoms with E-state index in [1.807, 2.05) is 72.8 Å². The van der Waals surface area contributed by atoms with E-state index >= 15 is 0 Å². The van der Waals surface area contributed by atoms with Crippen LogP contribution in [0, 0.1) is 4.77 Å². The van der Waals surface area contributed by atoms with Crippen LogP contribution in [0.4, 0.5) is 5.82 Å². The van der Waals surface area contributed by atoms with Crippen LogP contribution in [0.15, 0.2) is 72.8 Å². The second kappa shape index (κ2) is 9.40. The fourth-order valence-electron chi connectivity index (χ4n) is 3.23. The third kappa shape index (κ3) is 5.07. The van der Waals surface area contributed by atoms with Crippen LogP contribution >= 0.6 is 12.2 Å². The lowest BCUT2D eigenvalue weighted by Crippen LogP contribution is -2.22. The summed E-state index contributed by atoms with van der Waals surface area (Å²) in [5.74, 6) is 1.41. The number of anilines is 1. The van der Waals surface area contributed by atoms with Gasteiger partial charge in [0.05, 0.1) is 12.6 Å². The monoisotopic (exact) mass is 430 g/mol. The van der Waals surface area contributed by atoms with Crippen molar-refractivity contribution in [3.8, 4) is 5.75 Å². The minimum absolute atomic E-state index is 0.114. The maximum Gasteiger partial charge on any atom is 0.251 e. The fraction of sp³-hybridized carbons (Fsp3) is 0.125. The van der Waals surface area contributed by atoms with Gasteiger partial charge in [-0.05, 0) is 59.7 Å². The van der Waals surface area contributed by atoms with Gasteiger partial charge in [0.2, 0.25) is 0 Å². The minimum Gasteiger partial charge on any atom is -0.497 e. The second-order valence-corrected chi connectivity index (χ2v) is 7.40. The zero-order chi connectivity index (χ0) is 21.6. The topological polar surface area (TPSA) is 79.0 Å². The SMILES string of the molecule is COc1ccc(CNC(=O)c2ccc(CNc3nc(=S)[nH]c4ccccc34)cc2)cc1. The Morgan fingerprint density at radius 2 is 1.65 bits per heavy atom. The number of carbonyl (C=O) groups is 1. The highest BCUT2D eigenvalue weighted by Gasteiger charge is 2.07. The summed E-state index contributed by atoms with van der Waals surface area (Å²) in [6.07, 6.45) is 0. The number of hydrogen-bond acceptors (Lipinski definition) is 5. The Hall–Kier alpha value is -3.71. The molecule has 156 valence electrons. The fourth-order valence-corrected chi connectivity index (χ4v) is 3.43. The molecule has 0 aliphatic carbocycles. The van der Waals surface area contributed by atoms with Crippen molar-refractivity contribution < 1.29 is 9.53 Å². The Balaban J connectivity index is 1.37. The predicted molar refractivity (Wildman–Crippen MR) is 125 cm³/mol. The summed E-state index contributed by atoms with van der Waals surface area (Å²) in [4.78, 5) is 19.9. The van der Waals surface area contributed by atoms with E-state index < -0.39 is 0 Å². The van der Waals surface area contributed by atoms with Gasteiger partial charge in [0.15, 0.2) is 4.77 Å². The molecule has 3 N–H and O–H groups in total. The summed E-state index contributed by atoms with van der Waals surface area (Å²) in [5.41, 5.74) is 3.60. The molecular weight excluding hydrogens is 408 g/mol. The van der Waals surface area contributed by atoms with Crippen molar-refractivity contribution in [1.82, 2.24) is 15.3 Å². The molecule has 4 aromatic rings. The lowest BCUT2D eigenvalue weighted by molar-refractivity contribution is 0.0951. The van der Waals surface area contributed by atoms with E-state index in [4.69, 9.17) is 17.0 Å². The number of carbonyl (C=O) groups excluding carboxylic acids is 1. The molecule has 0 bridgehead atoms. The first-order valence-corrected chi connectivity index (χ1v) is 10.3. The molecule has 0 atom stereocenters. The normalized spacial score (nSPS) is 10.6. The molecule has 0 aliphatic heterocycles. The van der Waals surface area contributed by atoms with Gasteiger partial charge in [-0.1, -0.05) is 36.4 Å². The molecule has 1 amide bonds. The van der Waals surface area contributed by atoms with E-state index in [2.05, 4.69) is 20.6 Å². The Bertz CT molecular complexity index is 1250. The maximum absolute atomic E-state index is 12.4. The summed E-state index contributed by atoms with van der Waals surface area (Å²) in [7, 11) is 1.63. The predicted octanol–water partition coefficient (Wildman–Crippen LogP) is 4.84. The largest absolute Gasteiger partial charge is 0.497 e. The number of rotatable bonds is 7. The van der Waals surface area contributed by atoms with E-state index in [0.717, 1.165) is 33.6 Å². The maximum atomic E-state index is 12.4. The summed E-state index contributed by atoms with van der Waals surface area (Å²) in [6, 6.07) is 23.0. The lowest BCUT2D eigenvalue weighted by Gasteiger charge is -2.10. The van der Waals surface area contributed by atoms with Crippen molar-refractivity contribution in [2.24, 2.45) is 0 Å². The Morgan fingerprint density at radius 3 is 2.39 bits per heavy atom. The molecule has 6 nitrogen and oxygen atoms in total. The van der Waals surface area contributed by atoms with Gasteiger partial charge >= 0.3 is 0 Å². The van der Waals surface area contributed by atoms with Crippen molar-refractivity contribution >= 4 is 34.8 Å². The number of para-hydroxylation sites is 1. The smallest absolute Gasteiger partial charge is 0.251 e. The Kier molecular flexibility index (Phi) is 6.24. The average Bonchev–Trinajstić information content (AvgIpc) is 2.81. The molecular formula is C24H22N4O2S. The number of aromatic amines is 1. The van der Waals surface area contributed by atoms with Crippen molar-refractivity contribution in [2.45, 2.75) is 13.1 Å². The zero-order valence-electron chi connectivity index (χ0n) is 17.0. The molecule has 4 rings (SSSR count). The molecule has 0 fully saturated rings. The molecule has 0 saturated heterocycles. The molecule has 0 unspecified atom stereocenters. The van der Waals surface area contributed by atoms with Crippen molar-refractivity contribution in [3.63, 3.8) is 0 Å². The van der Waals surface area contributed by atoms with E-state index in [0.29, 0.717) is 23.4 Å². The van der Waals surface area contributed by atoms with E-state index in [9.17, 15) is 4.79 Å². The van der Waals surface area contributed by atoms with Gasteiger partial charge < -0.3 is 20.4 Å². The molecule has 31 heavy (non-hydrogen) atoms. The number of benzene rings is 3. The van der Waals surface area contributed by atoms with Crippen molar-refractivity contribution in [1.29, 1.82) is 0 Å². The van der Waals surface area contributed by atoms with Crippen molar-refractivity contribution in [2.75, 3.05) is 12.4 Å². The van der Waals surface area contributed by atoms with Crippen LogP contribution in [0.1, 0.15) is 21.5 Å². The average molecular weight is 431 g/mol. The standard InChI is InChI=1S/C24H22N4O2S/c1-30-19-12-8-17(9-13-19)15-26-23(29)18-10-6-16(7-11-18)14-25-22-20-4-2-3-5-21(20)27-24(31)28-22/h2-13H,14-15H2,1H3,(H,26,29)(H2,25,27,28,31). The molecule has 3 aromatic carbocycles. The number of H-pyrrole nitrogens is 1. The van der Waals surface area contributed by atoms with Crippen LogP contribution in [0.5, 0.6) is 5.75 Å². The van der Waals surface area contributed by atoms with Crippen LogP contribution in [0.2, 0.25) is 0 Å². The molecule has 7 heteroatoms. The van der Waals surface area contributed by atoms with Crippen LogP contribution in [0.25, 0.3) is 10.9 Å². The van der Waals surface area contributed by atoms with Crippen LogP contribution < -0.4 is 15.4 Å². The zero-order valence-corrected chi connectivity index (χ0v) is 17.8. The highest BCUT2D eigenvalue weighted by atomic mass is 32.1. The van der Waals surface area contributed by atoms with E-state index in [1.54, 1.807) is 7.11 Å². The summed E-state index contributed by atoms with van der Waals surface area (Å²) >= 11 is 5.22. The first-order chi connectivity index (χ1) is 15.1. The summed E-state index contributed by atoms with van der Waals surface area (Å²) < 4.78 is 5.58. The Morgan fingerprint density at radius 1 is 0.968 bits per heavy atom. The van der Waals surface area contributed by atoms with Gasteiger partial charge in [-0.25, -0.2) is 4.98 Å². The lowest BCUT2D eigenvalue weighted by atomic mass is 10.1. The third-order valence-electron chi connectivity index (χ3n) is 4.93. The second-order valence-electron chi connectivity index (χ2n) is 7.02. The number of fused-ring (bicyclic) bond motifs is 1. The van der Waals surface area contributed by atoms with Crippen LogP contribution in [-0.4, -0.2) is 23.0 Å². The minimum atomic E-state index is -0.114. The van der Waals surface area contributed by atoms with Crippen molar-refractivity contribution in [3.05, 3.63) is 94.3 Å². The third-order valence-corrected chi connectivity index (χ3v) is 5.12. The molecule has 0 aliphatic rings.